The topological polar surface area (TPSA) is 77.6 Å². The standard InChI is InChI=1S/C19H19ClN6OS/c1-5-25-12(4)9-14(24-25)18(27)21-15-8-11(3)23-26(15)19-22-16-10(2)6-7-13(20)17(16)28-19/h6-9H,5H2,1-4H3,(H,21,27). The molecule has 0 spiro atoms. The Morgan fingerprint density at radius 3 is 2.68 bits per heavy atom. The van der Waals surface area contributed by atoms with E-state index in [9.17, 15) is 4.79 Å². The summed E-state index contributed by atoms with van der Waals surface area (Å²) in [6.07, 6.45) is 0. The molecule has 9 heteroatoms. The van der Waals surface area contributed by atoms with Gasteiger partial charge in [-0.2, -0.15) is 14.9 Å². The SMILES string of the molecule is CCn1nc(C(=O)Nc2cc(C)nn2-c2nc3c(C)ccc(Cl)c3s2)cc1C. The summed E-state index contributed by atoms with van der Waals surface area (Å²) in [5, 5.41) is 13.0. The third-order valence-electron chi connectivity index (χ3n) is 4.45. The summed E-state index contributed by atoms with van der Waals surface area (Å²) >= 11 is 7.77. The maximum absolute atomic E-state index is 12.7. The Labute approximate surface area is 171 Å². The number of carbonyl (C=O) groups excluding carboxylic acids is 1. The number of nitrogens with one attached hydrogen (secondary N) is 1. The van der Waals surface area contributed by atoms with Crippen molar-refractivity contribution in [3.05, 3.63) is 51.9 Å². The van der Waals surface area contributed by atoms with Crippen LogP contribution in [0.1, 0.15) is 34.4 Å². The first-order chi connectivity index (χ1) is 13.4. The van der Waals surface area contributed by atoms with Crippen molar-refractivity contribution in [1.82, 2.24) is 24.5 Å². The number of hydrogen-bond donors (Lipinski definition) is 1. The Hall–Kier alpha value is -2.71. The molecule has 0 aliphatic heterocycles. The number of hydrogen-bond acceptors (Lipinski definition) is 5. The van der Waals surface area contributed by atoms with Gasteiger partial charge in [0.25, 0.3) is 5.91 Å². The molecule has 28 heavy (non-hydrogen) atoms. The summed E-state index contributed by atoms with van der Waals surface area (Å²) in [7, 11) is 0. The molecule has 0 aliphatic rings. The molecular formula is C19H19ClN6OS. The minimum Gasteiger partial charge on any atom is -0.305 e. The molecule has 0 atom stereocenters. The van der Waals surface area contributed by atoms with Gasteiger partial charge in [0.2, 0.25) is 5.13 Å². The average molecular weight is 415 g/mol. The van der Waals surface area contributed by atoms with E-state index in [0.29, 0.717) is 28.2 Å². The van der Waals surface area contributed by atoms with E-state index in [2.05, 4.69) is 15.5 Å². The second-order valence-electron chi connectivity index (χ2n) is 6.56. The molecule has 1 N–H and O–H groups in total. The van der Waals surface area contributed by atoms with Crippen molar-refractivity contribution in [2.24, 2.45) is 0 Å². The largest absolute Gasteiger partial charge is 0.305 e. The van der Waals surface area contributed by atoms with Crippen LogP contribution in [0.15, 0.2) is 24.3 Å². The minimum absolute atomic E-state index is 0.285. The van der Waals surface area contributed by atoms with Crippen LogP contribution in [0.4, 0.5) is 5.82 Å². The Kier molecular flexibility index (Phi) is 4.68. The van der Waals surface area contributed by atoms with E-state index in [4.69, 9.17) is 16.6 Å². The molecule has 144 valence electrons. The number of rotatable bonds is 4. The van der Waals surface area contributed by atoms with Gasteiger partial charge in [-0.15, -0.1) is 0 Å². The number of anilines is 1. The number of amides is 1. The van der Waals surface area contributed by atoms with Crippen LogP contribution < -0.4 is 5.32 Å². The molecule has 0 saturated heterocycles. The van der Waals surface area contributed by atoms with Crippen LogP contribution >= 0.6 is 22.9 Å². The molecule has 1 amide bonds. The predicted molar refractivity (Wildman–Crippen MR) is 112 cm³/mol. The monoisotopic (exact) mass is 414 g/mol. The van der Waals surface area contributed by atoms with E-state index in [-0.39, 0.29) is 5.91 Å². The Morgan fingerprint density at radius 2 is 2.00 bits per heavy atom. The van der Waals surface area contributed by atoms with E-state index in [1.54, 1.807) is 15.4 Å². The van der Waals surface area contributed by atoms with Crippen molar-refractivity contribution in [3.63, 3.8) is 0 Å². The lowest BCUT2D eigenvalue weighted by atomic mass is 10.2. The highest BCUT2D eigenvalue weighted by molar-refractivity contribution is 7.21. The van der Waals surface area contributed by atoms with E-state index < -0.39 is 0 Å². The quantitative estimate of drug-likeness (QED) is 0.532. The van der Waals surface area contributed by atoms with E-state index in [1.807, 2.05) is 45.9 Å². The lowest BCUT2D eigenvalue weighted by Gasteiger charge is -2.04. The first kappa shape index (κ1) is 18.6. The van der Waals surface area contributed by atoms with Crippen LogP contribution in [0.3, 0.4) is 0 Å². The van der Waals surface area contributed by atoms with Crippen molar-refractivity contribution in [1.29, 1.82) is 0 Å². The third kappa shape index (κ3) is 3.18. The lowest BCUT2D eigenvalue weighted by Crippen LogP contribution is -2.16. The number of carbonyl (C=O) groups is 1. The van der Waals surface area contributed by atoms with Crippen LogP contribution in [-0.4, -0.2) is 30.5 Å². The van der Waals surface area contributed by atoms with E-state index in [0.717, 1.165) is 27.2 Å². The Balaban J connectivity index is 1.72. The van der Waals surface area contributed by atoms with Gasteiger partial charge in [0.15, 0.2) is 5.69 Å². The molecule has 0 saturated carbocycles. The van der Waals surface area contributed by atoms with Crippen LogP contribution in [-0.2, 0) is 6.54 Å². The van der Waals surface area contributed by atoms with Gasteiger partial charge in [0.1, 0.15) is 5.82 Å². The molecule has 3 heterocycles. The highest BCUT2D eigenvalue weighted by Crippen LogP contribution is 2.34. The first-order valence-electron chi connectivity index (χ1n) is 8.86. The number of aryl methyl sites for hydroxylation is 4. The van der Waals surface area contributed by atoms with Crippen molar-refractivity contribution >= 4 is 44.9 Å². The molecule has 0 radical (unpaired) electrons. The molecule has 0 bridgehead atoms. The number of aromatic nitrogens is 5. The van der Waals surface area contributed by atoms with Gasteiger partial charge in [-0.3, -0.25) is 9.48 Å². The zero-order valence-electron chi connectivity index (χ0n) is 15.9. The molecular weight excluding hydrogens is 396 g/mol. The number of thiazole rings is 1. The molecule has 3 aromatic heterocycles. The van der Waals surface area contributed by atoms with Gasteiger partial charge < -0.3 is 5.32 Å². The predicted octanol–water partition coefficient (Wildman–Crippen LogP) is 4.53. The molecule has 0 fully saturated rings. The van der Waals surface area contributed by atoms with E-state index in [1.165, 1.54) is 11.3 Å². The highest BCUT2D eigenvalue weighted by atomic mass is 35.5. The zero-order chi connectivity index (χ0) is 20.0. The lowest BCUT2D eigenvalue weighted by molar-refractivity contribution is 0.102. The van der Waals surface area contributed by atoms with Crippen molar-refractivity contribution in [2.45, 2.75) is 34.2 Å². The zero-order valence-corrected chi connectivity index (χ0v) is 17.5. The fraction of sp³-hybridized carbons (Fsp3) is 0.263. The molecule has 4 rings (SSSR count). The summed E-state index contributed by atoms with van der Waals surface area (Å²) < 4.78 is 4.33. The van der Waals surface area contributed by atoms with Gasteiger partial charge >= 0.3 is 0 Å². The van der Waals surface area contributed by atoms with Gasteiger partial charge in [0.05, 0.1) is 20.9 Å². The summed E-state index contributed by atoms with van der Waals surface area (Å²) in [4.78, 5) is 17.4. The van der Waals surface area contributed by atoms with Crippen LogP contribution in [0.2, 0.25) is 5.02 Å². The van der Waals surface area contributed by atoms with Gasteiger partial charge in [0, 0.05) is 18.3 Å². The van der Waals surface area contributed by atoms with E-state index >= 15 is 0 Å². The summed E-state index contributed by atoms with van der Waals surface area (Å²) in [5.74, 6) is 0.255. The van der Waals surface area contributed by atoms with Gasteiger partial charge in [-0.05, 0) is 45.4 Å². The van der Waals surface area contributed by atoms with Crippen molar-refractivity contribution < 1.29 is 4.79 Å². The second kappa shape index (κ2) is 7.03. The Morgan fingerprint density at radius 1 is 1.21 bits per heavy atom. The smallest absolute Gasteiger partial charge is 0.277 e. The van der Waals surface area contributed by atoms with Crippen LogP contribution in [0.5, 0.6) is 0 Å². The summed E-state index contributed by atoms with van der Waals surface area (Å²) in [6.45, 7) is 8.48. The van der Waals surface area contributed by atoms with Crippen LogP contribution in [0, 0.1) is 20.8 Å². The van der Waals surface area contributed by atoms with Crippen molar-refractivity contribution in [2.75, 3.05) is 5.32 Å². The number of nitrogens with zero attached hydrogens (tertiary/aromatic N) is 5. The maximum Gasteiger partial charge on any atom is 0.277 e. The minimum atomic E-state index is -0.285. The number of fused-ring (bicyclic) bond motifs is 1. The summed E-state index contributed by atoms with van der Waals surface area (Å²) in [6, 6.07) is 7.39. The van der Waals surface area contributed by atoms with Gasteiger partial charge in [-0.1, -0.05) is 29.0 Å². The molecule has 0 unspecified atom stereocenters. The first-order valence-corrected chi connectivity index (χ1v) is 10.0. The number of benzene rings is 1. The maximum atomic E-state index is 12.7. The van der Waals surface area contributed by atoms with Crippen LogP contribution in [0.25, 0.3) is 15.3 Å². The molecule has 0 aliphatic carbocycles. The number of halogens is 1. The van der Waals surface area contributed by atoms with Crippen molar-refractivity contribution in [3.8, 4) is 5.13 Å². The Bertz CT molecular complexity index is 1170. The fourth-order valence-electron chi connectivity index (χ4n) is 3.04. The third-order valence-corrected chi connectivity index (χ3v) is 5.94. The summed E-state index contributed by atoms with van der Waals surface area (Å²) in [5.41, 5.74) is 3.96. The molecule has 4 aromatic rings. The fourth-order valence-corrected chi connectivity index (χ4v) is 4.32. The highest BCUT2D eigenvalue weighted by Gasteiger charge is 2.18. The normalized spacial score (nSPS) is 11.3. The molecule has 1 aromatic carbocycles. The molecule has 7 nitrogen and oxygen atoms in total. The average Bonchev–Trinajstić information content (AvgIpc) is 3.35. The second-order valence-corrected chi connectivity index (χ2v) is 7.95. The van der Waals surface area contributed by atoms with Gasteiger partial charge in [-0.25, -0.2) is 4.98 Å².